The number of hydrogen-bond donors (Lipinski definition) is 3. The van der Waals surface area contributed by atoms with Crippen LogP contribution in [-0.2, 0) is 4.79 Å². The third kappa shape index (κ3) is 3.91. The first-order chi connectivity index (χ1) is 9.11. The third-order valence-corrected chi connectivity index (χ3v) is 2.84. The maximum Gasteiger partial charge on any atom is 0.268 e. The molecule has 0 aromatic rings. The van der Waals surface area contributed by atoms with Crippen LogP contribution in [0, 0.1) is 0 Å². The second-order valence-electron chi connectivity index (χ2n) is 4.19. The molecule has 19 heavy (non-hydrogen) atoms. The van der Waals surface area contributed by atoms with Crippen LogP contribution in [0.3, 0.4) is 0 Å². The summed E-state index contributed by atoms with van der Waals surface area (Å²) in [5.74, 6) is -0.206. The third-order valence-electron chi connectivity index (χ3n) is 2.84. The standard InChI is InChI=1S/C14H22N4O/c1-3-5-6-7-8-11(4-2)18-10-9-17-12(13(18)15)14(16)19/h5-11,17H,3-4,15H2,1-2H3,(H2,16,19)/b6-5+,8-7+. The molecule has 0 saturated carbocycles. The summed E-state index contributed by atoms with van der Waals surface area (Å²) >= 11 is 0. The minimum Gasteiger partial charge on any atom is -0.383 e. The Labute approximate surface area is 114 Å². The first-order valence-corrected chi connectivity index (χ1v) is 6.46. The second-order valence-corrected chi connectivity index (χ2v) is 4.19. The lowest BCUT2D eigenvalue weighted by atomic mass is 10.1. The highest BCUT2D eigenvalue weighted by atomic mass is 16.1. The van der Waals surface area contributed by atoms with Gasteiger partial charge in [0.2, 0.25) is 0 Å². The fraction of sp³-hybridized carbons (Fsp3) is 0.357. The van der Waals surface area contributed by atoms with Crippen molar-refractivity contribution in [1.82, 2.24) is 10.2 Å². The summed E-state index contributed by atoms with van der Waals surface area (Å²) in [5.41, 5.74) is 11.5. The maximum absolute atomic E-state index is 11.3. The quantitative estimate of drug-likeness (QED) is 0.629. The van der Waals surface area contributed by atoms with Gasteiger partial charge in [-0.15, -0.1) is 0 Å². The van der Waals surface area contributed by atoms with Crippen LogP contribution < -0.4 is 16.8 Å². The Hall–Kier alpha value is -2.17. The van der Waals surface area contributed by atoms with Crippen LogP contribution in [0.15, 0.2) is 48.2 Å². The van der Waals surface area contributed by atoms with Crippen LogP contribution in [0.25, 0.3) is 0 Å². The Morgan fingerprint density at radius 3 is 2.79 bits per heavy atom. The summed E-state index contributed by atoms with van der Waals surface area (Å²) in [6.45, 7) is 4.15. The van der Waals surface area contributed by atoms with Gasteiger partial charge in [-0.05, 0) is 12.8 Å². The molecule has 0 aliphatic carbocycles. The molecule has 104 valence electrons. The normalized spacial score (nSPS) is 17.3. The molecule has 1 heterocycles. The van der Waals surface area contributed by atoms with E-state index in [-0.39, 0.29) is 11.7 Å². The van der Waals surface area contributed by atoms with E-state index in [1.807, 2.05) is 29.3 Å². The Kier molecular flexibility index (Phi) is 5.73. The molecule has 0 radical (unpaired) electrons. The van der Waals surface area contributed by atoms with Crippen LogP contribution in [0.5, 0.6) is 0 Å². The number of carbonyl (C=O) groups excluding carboxylic acids is 1. The number of amides is 1. The molecule has 0 saturated heterocycles. The summed E-state index contributed by atoms with van der Waals surface area (Å²) in [6.07, 6.45) is 13.5. The SMILES string of the molecule is CC/C=C/C=C/C(CC)N1C=CNC(C(N)=O)=C1N. The first-order valence-electron chi connectivity index (χ1n) is 6.46. The highest BCUT2D eigenvalue weighted by molar-refractivity contribution is 5.92. The zero-order chi connectivity index (χ0) is 14.3. The van der Waals surface area contributed by atoms with Gasteiger partial charge in [-0.3, -0.25) is 4.79 Å². The van der Waals surface area contributed by atoms with Gasteiger partial charge in [-0.25, -0.2) is 0 Å². The van der Waals surface area contributed by atoms with E-state index in [2.05, 4.69) is 25.2 Å². The molecule has 1 aliphatic rings. The molecule has 5 heteroatoms. The average Bonchev–Trinajstić information content (AvgIpc) is 2.39. The van der Waals surface area contributed by atoms with E-state index < -0.39 is 5.91 Å². The van der Waals surface area contributed by atoms with E-state index in [1.165, 1.54) is 0 Å². The summed E-state index contributed by atoms with van der Waals surface area (Å²) < 4.78 is 0. The molecule has 1 aliphatic heterocycles. The van der Waals surface area contributed by atoms with Gasteiger partial charge in [-0.1, -0.05) is 38.2 Å². The maximum atomic E-state index is 11.3. The van der Waals surface area contributed by atoms with Crippen LogP contribution in [-0.4, -0.2) is 16.8 Å². The number of carbonyl (C=O) groups is 1. The summed E-state index contributed by atoms with van der Waals surface area (Å²) in [5, 5.41) is 2.77. The molecule has 0 aromatic heterocycles. The fourth-order valence-electron chi connectivity index (χ4n) is 1.80. The predicted octanol–water partition coefficient (Wildman–Crippen LogP) is 1.28. The average molecular weight is 262 g/mol. The van der Waals surface area contributed by atoms with E-state index in [4.69, 9.17) is 11.5 Å². The smallest absolute Gasteiger partial charge is 0.268 e. The molecule has 1 unspecified atom stereocenters. The highest BCUT2D eigenvalue weighted by Crippen LogP contribution is 2.16. The van der Waals surface area contributed by atoms with Crippen LogP contribution >= 0.6 is 0 Å². The number of nitrogens with one attached hydrogen (secondary N) is 1. The summed E-state index contributed by atoms with van der Waals surface area (Å²) in [6, 6.07) is 0.0919. The van der Waals surface area contributed by atoms with Crippen molar-refractivity contribution in [2.75, 3.05) is 0 Å². The molecule has 5 N–H and O–H groups in total. The van der Waals surface area contributed by atoms with Crippen molar-refractivity contribution in [3.05, 3.63) is 48.2 Å². The fourth-order valence-corrected chi connectivity index (χ4v) is 1.80. The lowest BCUT2D eigenvalue weighted by Crippen LogP contribution is -2.40. The van der Waals surface area contributed by atoms with E-state index in [9.17, 15) is 4.79 Å². The van der Waals surface area contributed by atoms with E-state index >= 15 is 0 Å². The minimum atomic E-state index is -0.559. The monoisotopic (exact) mass is 262 g/mol. The van der Waals surface area contributed by atoms with Gasteiger partial charge in [-0.2, -0.15) is 0 Å². The molecule has 1 atom stereocenters. The molecule has 1 rings (SSSR count). The predicted molar refractivity (Wildman–Crippen MR) is 77.2 cm³/mol. The Bertz CT molecular complexity index is 435. The van der Waals surface area contributed by atoms with Crippen LogP contribution in [0.1, 0.15) is 26.7 Å². The minimum absolute atomic E-state index is 0.0919. The van der Waals surface area contributed by atoms with Crippen molar-refractivity contribution in [2.45, 2.75) is 32.7 Å². The van der Waals surface area contributed by atoms with E-state index in [1.54, 1.807) is 6.20 Å². The highest BCUT2D eigenvalue weighted by Gasteiger charge is 2.21. The van der Waals surface area contributed by atoms with Crippen molar-refractivity contribution in [2.24, 2.45) is 11.5 Å². The van der Waals surface area contributed by atoms with Crippen molar-refractivity contribution in [1.29, 1.82) is 0 Å². The molecule has 0 spiro atoms. The zero-order valence-electron chi connectivity index (χ0n) is 11.5. The number of allylic oxidation sites excluding steroid dienone is 3. The van der Waals surface area contributed by atoms with Crippen LogP contribution in [0.2, 0.25) is 0 Å². The molecule has 0 aromatic carbocycles. The largest absolute Gasteiger partial charge is 0.383 e. The van der Waals surface area contributed by atoms with E-state index in [0.717, 1.165) is 12.8 Å². The number of primary amides is 1. The van der Waals surface area contributed by atoms with Crippen LogP contribution in [0.4, 0.5) is 0 Å². The lowest BCUT2D eigenvalue weighted by Gasteiger charge is -2.31. The Balaban J connectivity index is 2.88. The van der Waals surface area contributed by atoms with Gasteiger partial charge in [0.25, 0.3) is 5.91 Å². The van der Waals surface area contributed by atoms with Gasteiger partial charge in [0.05, 0.1) is 6.04 Å². The molecule has 1 amide bonds. The zero-order valence-corrected chi connectivity index (χ0v) is 11.5. The first kappa shape index (κ1) is 14.9. The van der Waals surface area contributed by atoms with Crippen molar-refractivity contribution in [3.8, 4) is 0 Å². The number of rotatable bonds is 6. The van der Waals surface area contributed by atoms with E-state index in [0.29, 0.717) is 5.82 Å². The van der Waals surface area contributed by atoms with Gasteiger partial charge in [0, 0.05) is 12.4 Å². The van der Waals surface area contributed by atoms with Gasteiger partial charge in [0.1, 0.15) is 11.5 Å². The van der Waals surface area contributed by atoms with Crippen molar-refractivity contribution in [3.63, 3.8) is 0 Å². The molecule has 0 bridgehead atoms. The molecular formula is C14H22N4O. The van der Waals surface area contributed by atoms with Crippen molar-refractivity contribution < 1.29 is 4.79 Å². The van der Waals surface area contributed by atoms with Gasteiger partial charge in [0.15, 0.2) is 0 Å². The van der Waals surface area contributed by atoms with Crippen molar-refractivity contribution >= 4 is 5.91 Å². The Morgan fingerprint density at radius 2 is 2.21 bits per heavy atom. The number of hydrogen-bond acceptors (Lipinski definition) is 4. The Morgan fingerprint density at radius 1 is 1.47 bits per heavy atom. The topological polar surface area (TPSA) is 84.4 Å². The van der Waals surface area contributed by atoms with Gasteiger partial charge < -0.3 is 21.7 Å². The summed E-state index contributed by atoms with van der Waals surface area (Å²) in [4.78, 5) is 13.1. The number of nitrogens with zero attached hydrogens (tertiary/aromatic N) is 1. The second kappa shape index (κ2) is 7.31. The summed E-state index contributed by atoms with van der Waals surface area (Å²) in [7, 11) is 0. The molecule has 0 fully saturated rings. The van der Waals surface area contributed by atoms with Gasteiger partial charge >= 0.3 is 0 Å². The molecular weight excluding hydrogens is 240 g/mol. The number of nitrogens with two attached hydrogens (primary N) is 2. The lowest BCUT2D eigenvalue weighted by molar-refractivity contribution is -0.115. The molecule has 5 nitrogen and oxygen atoms in total.